The van der Waals surface area contributed by atoms with Crippen LogP contribution >= 0.6 is 0 Å². The van der Waals surface area contributed by atoms with Crippen LogP contribution in [0.15, 0.2) is 23.1 Å². The van der Waals surface area contributed by atoms with Crippen LogP contribution < -0.4 is 4.74 Å². The topological polar surface area (TPSA) is 110 Å². The van der Waals surface area contributed by atoms with Crippen LogP contribution in [0, 0.1) is 0 Å². The van der Waals surface area contributed by atoms with Crippen LogP contribution in [0.1, 0.15) is 29.6 Å². The Morgan fingerprint density at radius 3 is 2.53 bits per heavy atom. The number of methoxy groups -OCH3 is 1. The summed E-state index contributed by atoms with van der Waals surface area (Å²) >= 11 is 0. The average molecular weight is 461 g/mol. The van der Waals surface area contributed by atoms with Crippen LogP contribution in [0.2, 0.25) is 0 Å². The maximum Gasteiger partial charge on any atom is 0.254 e. The Kier molecular flexibility index (Phi) is 6.75. The second-order valence-corrected chi connectivity index (χ2v) is 12.2. The van der Waals surface area contributed by atoms with E-state index in [4.69, 9.17) is 9.47 Å². The van der Waals surface area contributed by atoms with Gasteiger partial charge in [0, 0.05) is 38.9 Å². The van der Waals surface area contributed by atoms with Gasteiger partial charge in [0.25, 0.3) is 5.91 Å². The number of carbonyl (C=O) groups is 1. The number of hydrogen-bond donors (Lipinski definition) is 0. The van der Waals surface area contributed by atoms with Gasteiger partial charge in [0.15, 0.2) is 9.84 Å². The third-order valence-corrected chi connectivity index (χ3v) is 9.09. The van der Waals surface area contributed by atoms with Crippen molar-refractivity contribution in [1.82, 2.24) is 9.21 Å². The number of sulfonamides is 1. The lowest BCUT2D eigenvalue weighted by Gasteiger charge is -2.31. The molecule has 168 valence electrons. The summed E-state index contributed by atoms with van der Waals surface area (Å²) in [4.78, 5) is 14.8. The van der Waals surface area contributed by atoms with Gasteiger partial charge in [0.05, 0.1) is 24.7 Å². The molecule has 0 aliphatic carbocycles. The summed E-state index contributed by atoms with van der Waals surface area (Å²) in [5.74, 6) is -0.333. The summed E-state index contributed by atoms with van der Waals surface area (Å²) in [6.45, 7) is 0.893. The smallest absolute Gasteiger partial charge is 0.254 e. The quantitative estimate of drug-likeness (QED) is 0.591. The maximum absolute atomic E-state index is 13.4. The first-order valence-electron chi connectivity index (χ1n) is 9.79. The molecule has 1 aromatic carbocycles. The van der Waals surface area contributed by atoms with Crippen molar-refractivity contribution in [3.05, 3.63) is 23.8 Å². The molecule has 11 heteroatoms. The summed E-state index contributed by atoms with van der Waals surface area (Å²) in [6.07, 6.45) is 1.90. The Morgan fingerprint density at radius 1 is 1.27 bits per heavy atom. The molecule has 0 saturated carbocycles. The van der Waals surface area contributed by atoms with E-state index in [0.717, 1.165) is 17.1 Å². The van der Waals surface area contributed by atoms with Gasteiger partial charge < -0.3 is 14.4 Å². The Morgan fingerprint density at radius 2 is 2.00 bits per heavy atom. The van der Waals surface area contributed by atoms with Crippen molar-refractivity contribution in [1.29, 1.82) is 0 Å². The van der Waals surface area contributed by atoms with Crippen molar-refractivity contribution >= 4 is 25.8 Å². The number of rotatable bonds is 7. The van der Waals surface area contributed by atoms with E-state index in [1.54, 1.807) is 0 Å². The van der Waals surface area contributed by atoms with E-state index in [0.29, 0.717) is 13.0 Å². The molecule has 2 saturated heterocycles. The summed E-state index contributed by atoms with van der Waals surface area (Å²) in [5.41, 5.74) is 0.165. The van der Waals surface area contributed by atoms with Crippen LogP contribution in [0.5, 0.6) is 5.75 Å². The van der Waals surface area contributed by atoms with Gasteiger partial charge >= 0.3 is 0 Å². The van der Waals surface area contributed by atoms with Gasteiger partial charge in [0.2, 0.25) is 10.0 Å². The van der Waals surface area contributed by atoms with E-state index < -0.39 is 31.8 Å². The highest BCUT2D eigenvalue weighted by molar-refractivity contribution is 7.91. The van der Waals surface area contributed by atoms with Crippen molar-refractivity contribution in [2.45, 2.75) is 36.3 Å². The van der Waals surface area contributed by atoms with Crippen molar-refractivity contribution in [3.8, 4) is 5.75 Å². The van der Waals surface area contributed by atoms with E-state index in [1.807, 2.05) is 0 Å². The van der Waals surface area contributed by atoms with Crippen LogP contribution in [-0.4, -0.2) is 90.0 Å². The highest BCUT2D eigenvalue weighted by Crippen LogP contribution is 2.29. The summed E-state index contributed by atoms with van der Waals surface area (Å²) in [6, 6.07) is 3.78. The van der Waals surface area contributed by atoms with Gasteiger partial charge in [-0.15, -0.1) is 0 Å². The number of hydrogen-bond acceptors (Lipinski definition) is 7. The summed E-state index contributed by atoms with van der Waals surface area (Å²) < 4.78 is 61.3. The molecule has 9 nitrogen and oxygen atoms in total. The van der Waals surface area contributed by atoms with Gasteiger partial charge in [0.1, 0.15) is 10.6 Å². The lowest BCUT2D eigenvalue weighted by Crippen LogP contribution is -2.45. The first kappa shape index (κ1) is 23.0. The Bertz CT molecular complexity index is 1000. The number of carbonyl (C=O) groups excluding carboxylic acids is 1. The van der Waals surface area contributed by atoms with E-state index >= 15 is 0 Å². The monoisotopic (exact) mass is 460 g/mol. The summed E-state index contributed by atoms with van der Waals surface area (Å²) in [5, 5.41) is 0. The fraction of sp³-hybridized carbons (Fsp3) is 0.632. The molecular weight excluding hydrogens is 432 g/mol. The zero-order valence-corrected chi connectivity index (χ0v) is 19.0. The number of nitrogens with zero attached hydrogens (tertiary/aromatic N) is 2. The molecule has 0 bridgehead atoms. The standard InChI is InChI=1S/C19H28N2O7S2/c1-20(2)30(25,26)18-11-14(6-7-17(18)27-3)19(22)21(12-16-5-4-9-28-16)15-8-10-29(23,24)13-15/h6-7,11,15-16H,4-5,8-10,12-13H2,1-3H3/t15-,16-/m1/s1. The zero-order valence-electron chi connectivity index (χ0n) is 17.4. The first-order chi connectivity index (χ1) is 14.0. The first-order valence-corrected chi connectivity index (χ1v) is 13.0. The molecule has 0 spiro atoms. The van der Waals surface area contributed by atoms with Crippen LogP contribution in [0.25, 0.3) is 0 Å². The predicted octanol–water partition coefficient (Wildman–Crippen LogP) is 0.754. The van der Waals surface area contributed by atoms with Gasteiger partial charge in [-0.1, -0.05) is 0 Å². The number of sulfone groups is 1. The molecule has 1 aromatic rings. The molecule has 0 unspecified atom stereocenters. The van der Waals surface area contributed by atoms with Crippen molar-refractivity contribution in [3.63, 3.8) is 0 Å². The molecule has 0 N–H and O–H groups in total. The highest BCUT2D eigenvalue weighted by Gasteiger charge is 2.37. The molecule has 2 atom stereocenters. The van der Waals surface area contributed by atoms with Crippen molar-refractivity contribution in [2.24, 2.45) is 0 Å². The minimum atomic E-state index is -3.84. The molecule has 30 heavy (non-hydrogen) atoms. The molecule has 3 rings (SSSR count). The molecule has 2 heterocycles. The van der Waals surface area contributed by atoms with Gasteiger partial charge in [-0.3, -0.25) is 4.79 Å². The van der Waals surface area contributed by atoms with Gasteiger partial charge in [-0.05, 0) is 37.5 Å². The number of benzene rings is 1. The molecule has 0 aromatic heterocycles. The van der Waals surface area contributed by atoms with Crippen LogP contribution in [0.4, 0.5) is 0 Å². The number of ether oxygens (including phenoxy) is 2. The van der Waals surface area contributed by atoms with E-state index in [1.165, 1.54) is 44.3 Å². The third kappa shape index (κ3) is 4.79. The maximum atomic E-state index is 13.4. The van der Waals surface area contributed by atoms with Crippen LogP contribution in [-0.2, 0) is 24.6 Å². The van der Waals surface area contributed by atoms with E-state index in [2.05, 4.69) is 0 Å². The second kappa shape index (κ2) is 8.81. The highest BCUT2D eigenvalue weighted by atomic mass is 32.2. The molecule has 0 radical (unpaired) electrons. The van der Waals surface area contributed by atoms with Gasteiger partial charge in [-0.25, -0.2) is 21.1 Å². The average Bonchev–Trinajstić information content (AvgIpc) is 3.33. The molecule has 2 aliphatic heterocycles. The van der Waals surface area contributed by atoms with E-state index in [9.17, 15) is 21.6 Å². The zero-order chi connectivity index (χ0) is 22.1. The Balaban J connectivity index is 1.97. The summed E-state index contributed by atoms with van der Waals surface area (Å²) in [7, 11) is -2.89. The fourth-order valence-corrected chi connectivity index (χ4v) is 6.61. The Hall–Kier alpha value is -1.69. The lowest BCUT2D eigenvalue weighted by molar-refractivity contribution is 0.0441. The largest absolute Gasteiger partial charge is 0.495 e. The van der Waals surface area contributed by atoms with Gasteiger partial charge in [-0.2, -0.15) is 0 Å². The molecule has 2 fully saturated rings. The minimum Gasteiger partial charge on any atom is -0.495 e. The van der Waals surface area contributed by atoms with Crippen LogP contribution in [0.3, 0.4) is 0 Å². The number of amides is 1. The SMILES string of the molecule is COc1ccc(C(=O)N(C[C@H]2CCCO2)[C@@H]2CCS(=O)(=O)C2)cc1S(=O)(=O)N(C)C. The fourth-order valence-electron chi connectivity index (χ4n) is 3.80. The van der Waals surface area contributed by atoms with Crippen molar-refractivity contribution < 1.29 is 31.1 Å². The third-order valence-electron chi connectivity index (χ3n) is 5.50. The Labute approximate surface area is 177 Å². The molecule has 2 aliphatic rings. The van der Waals surface area contributed by atoms with Crippen molar-refractivity contribution in [2.75, 3.05) is 45.9 Å². The normalized spacial score (nSPS) is 23.6. The molecular formula is C19H28N2O7S2. The molecule has 1 amide bonds. The van der Waals surface area contributed by atoms with E-state index in [-0.39, 0.29) is 40.4 Å². The predicted molar refractivity (Wildman–Crippen MR) is 111 cm³/mol. The lowest BCUT2D eigenvalue weighted by atomic mass is 10.1. The minimum absolute atomic E-state index is 0.0375. The second-order valence-electron chi connectivity index (χ2n) is 7.80.